The minimum absolute atomic E-state index is 0.524. The van der Waals surface area contributed by atoms with E-state index in [2.05, 4.69) is 15.2 Å². The molecule has 0 radical (unpaired) electrons. The van der Waals surface area contributed by atoms with Crippen molar-refractivity contribution >= 4 is 17.4 Å². The molecule has 1 aliphatic rings. The average Bonchev–Trinajstić information content (AvgIpc) is 2.84. The van der Waals surface area contributed by atoms with Crippen LogP contribution in [-0.4, -0.2) is 44.4 Å². The Balaban J connectivity index is 1.88. The summed E-state index contributed by atoms with van der Waals surface area (Å²) in [4.78, 5) is 6.75. The molecule has 4 nitrogen and oxygen atoms in total. The van der Waals surface area contributed by atoms with Crippen molar-refractivity contribution in [2.75, 3.05) is 38.3 Å². The number of aromatic nitrogens is 1. The lowest BCUT2D eigenvalue weighted by atomic mass is 10.2. The van der Waals surface area contributed by atoms with Gasteiger partial charge in [0.25, 0.3) is 0 Å². The lowest BCUT2D eigenvalue weighted by Gasteiger charge is -2.26. The van der Waals surface area contributed by atoms with Gasteiger partial charge in [-0.3, -0.25) is 0 Å². The molecule has 0 bridgehead atoms. The van der Waals surface area contributed by atoms with Crippen molar-refractivity contribution < 1.29 is 4.74 Å². The zero-order valence-corrected chi connectivity index (χ0v) is 11.5. The molecule has 1 fully saturated rings. The smallest absolute Gasteiger partial charge is 0.128 e. The quantitative estimate of drug-likeness (QED) is 0.801. The van der Waals surface area contributed by atoms with Gasteiger partial charge in [0.1, 0.15) is 5.82 Å². The molecule has 0 spiro atoms. The monoisotopic (exact) mass is 269 g/mol. The first-order valence-corrected chi connectivity index (χ1v) is 6.77. The normalized spacial score (nSPS) is 19.4. The summed E-state index contributed by atoms with van der Waals surface area (Å²) in [7, 11) is 1.72. The fourth-order valence-electron chi connectivity index (χ4n) is 2.33. The molecule has 1 N–H and O–H groups in total. The number of halogens is 1. The molecule has 0 aliphatic carbocycles. The van der Waals surface area contributed by atoms with Crippen molar-refractivity contribution in [3.8, 4) is 0 Å². The predicted molar refractivity (Wildman–Crippen MR) is 74.4 cm³/mol. The molecule has 1 aromatic rings. The summed E-state index contributed by atoms with van der Waals surface area (Å²) in [6.07, 6.45) is 4.15. The Kier molecular flexibility index (Phi) is 5.23. The molecule has 1 unspecified atom stereocenters. The summed E-state index contributed by atoms with van der Waals surface area (Å²) in [5, 5.41) is 4.11. The SMILES string of the molecule is COCCNCC1CCCN1c1ccc(Cl)cn1. The number of nitrogens with one attached hydrogen (secondary N) is 1. The van der Waals surface area contributed by atoms with Gasteiger partial charge in [0.2, 0.25) is 0 Å². The number of anilines is 1. The summed E-state index contributed by atoms with van der Waals surface area (Å²) < 4.78 is 5.03. The van der Waals surface area contributed by atoms with E-state index in [9.17, 15) is 0 Å². The van der Waals surface area contributed by atoms with E-state index in [-0.39, 0.29) is 0 Å². The fraction of sp³-hybridized carbons (Fsp3) is 0.615. The van der Waals surface area contributed by atoms with Crippen LogP contribution in [0.4, 0.5) is 5.82 Å². The first-order chi connectivity index (χ1) is 8.81. The van der Waals surface area contributed by atoms with Crippen LogP contribution in [-0.2, 0) is 4.74 Å². The van der Waals surface area contributed by atoms with Crippen molar-refractivity contribution in [1.82, 2.24) is 10.3 Å². The molecule has 1 saturated heterocycles. The van der Waals surface area contributed by atoms with Gasteiger partial charge in [0.05, 0.1) is 11.6 Å². The Morgan fingerprint density at radius 1 is 1.56 bits per heavy atom. The van der Waals surface area contributed by atoms with Gasteiger partial charge in [0.15, 0.2) is 0 Å². The minimum Gasteiger partial charge on any atom is -0.383 e. The average molecular weight is 270 g/mol. The predicted octanol–water partition coefficient (Wildman–Crippen LogP) is 1.94. The van der Waals surface area contributed by atoms with Gasteiger partial charge in [-0.1, -0.05) is 11.6 Å². The molecule has 0 aromatic carbocycles. The van der Waals surface area contributed by atoms with E-state index >= 15 is 0 Å². The summed E-state index contributed by atoms with van der Waals surface area (Å²) >= 11 is 5.87. The third-order valence-electron chi connectivity index (χ3n) is 3.25. The minimum atomic E-state index is 0.524. The van der Waals surface area contributed by atoms with E-state index in [0.29, 0.717) is 11.1 Å². The van der Waals surface area contributed by atoms with E-state index in [0.717, 1.165) is 32.1 Å². The standard InChI is InChI=1S/C13H20ClN3O/c1-18-8-6-15-10-12-3-2-7-17(12)13-5-4-11(14)9-16-13/h4-5,9,12,15H,2-3,6-8,10H2,1H3. The molecule has 5 heteroatoms. The van der Waals surface area contributed by atoms with Crippen molar-refractivity contribution in [3.05, 3.63) is 23.4 Å². The number of ether oxygens (including phenoxy) is 1. The van der Waals surface area contributed by atoms with Crippen LogP contribution in [0, 0.1) is 0 Å². The maximum atomic E-state index is 5.87. The van der Waals surface area contributed by atoms with Crippen molar-refractivity contribution in [1.29, 1.82) is 0 Å². The Labute approximate surface area is 113 Å². The topological polar surface area (TPSA) is 37.4 Å². The van der Waals surface area contributed by atoms with Crippen LogP contribution in [0.5, 0.6) is 0 Å². The van der Waals surface area contributed by atoms with Gasteiger partial charge < -0.3 is 15.0 Å². The summed E-state index contributed by atoms with van der Waals surface area (Å²) in [6, 6.07) is 4.42. The third-order valence-corrected chi connectivity index (χ3v) is 3.47. The maximum absolute atomic E-state index is 5.87. The van der Waals surface area contributed by atoms with Crippen LogP contribution in [0.15, 0.2) is 18.3 Å². The number of rotatable bonds is 6. The lowest BCUT2D eigenvalue weighted by Crippen LogP contribution is -2.39. The highest BCUT2D eigenvalue weighted by Crippen LogP contribution is 2.24. The van der Waals surface area contributed by atoms with E-state index in [1.807, 2.05) is 12.1 Å². The summed E-state index contributed by atoms with van der Waals surface area (Å²) in [5.41, 5.74) is 0. The number of pyridine rings is 1. The van der Waals surface area contributed by atoms with Crippen LogP contribution in [0.1, 0.15) is 12.8 Å². The van der Waals surface area contributed by atoms with Crippen molar-refractivity contribution in [2.45, 2.75) is 18.9 Å². The molecule has 1 aromatic heterocycles. The molecule has 100 valence electrons. The molecule has 0 amide bonds. The summed E-state index contributed by atoms with van der Waals surface area (Å²) in [5.74, 6) is 1.02. The van der Waals surface area contributed by atoms with Crippen LogP contribution in [0.3, 0.4) is 0 Å². The lowest BCUT2D eigenvalue weighted by molar-refractivity contribution is 0.199. The molecule has 2 heterocycles. The second-order valence-corrected chi connectivity index (χ2v) is 4.96. The molecular weight excluding hydrogens is 250 g/mol. The van der Waals surface area contributed by atoms with Crippen LogP contribution in [0.25, 0.3) is 0 Å². The Bertz CT molecular complexity index is 358. The van der Waals surface area contributed by atoms with Gasteiger partial charge in [0, 0.05) is 39.0 Å². The molecule has 18 heavy (non-hydrogen) atoms. The highest BCUT2D eigenvalue weighted by atomic mass is 35.5. The van der Waals surface area contributed by atoms with Crippen molar-refractivity contribution in [2.24, 2.45) is 0 Å². The van der Waals surface area contributed by atoms with E-state index in [1.54, 1.807) is 13.3 Å². The number of hydrogen-bond donors (Lipinski definition) is 1. The number of nitrogens with zero attached hydrogens (tertiary/aromatic N) is 2. The second kappa shape index (κ2) is 6.92. The van der Waals surface area contributed by atoms with Gasteiger partial charge in [-0.05, 0) is 25.0 Å². The van der Waals surface area contributed by atoms with E-state index in [1.165, 1.54) is 12.8 Å². The second-order valence-electron chi connectivity index (χ2n) is 4.52. The van der Waals surface area contributed by atoms with Gasteiger partial charge in [-0.2, -0.15) is 0 Å². The molecule has 0 saturated carbocycles. The Hall–Kier alpha value is -0.840. The summed E-state index contributed by atoms with van der Waals surface area (Å²) in [6.45, 7) is 3.71. The van der Waals surface area contributed by atoms with Gasteiger partial charge in [-0.15, -0.1) is 0 Å². The first-order valence-electron chi connectivity index (χ1n) is 6.39. The molecule has 1 aliphatic heterocycles. The largest absolute Gasteiger partial charge is 0.383 e. The first kappa shape index (κ1) is 13.6. The van der Waals surface area contributed by atoms with Crippen LogP contribution < -0.4 is 10.2 Å². The van der Waals surface area contributed by atoms with Crippen molar-refractivity contribution in [3.63, 3.8) is 0 Å². The zero-order valence-electron chi connectivity index (χ0n) is 10.7. The van der Waals surface area contributed by atoms with Gasteiger partial charge in [-0.25, -0.2) is 4.98 Å². The third kappa shape index (κ3) is 3.57. The van der Waals surface area contributed by atoms with Crippen LogP contribution in [0.2, 0.25) is 5.02 Å². The number of methoxy groups -OCH3 is 1. The van der Waals surface area contributed by atoms with Crippen LogP contribution >= 0.6 is 11.6 Å². The highest BCUT2D eigenvalue weighted by Gasteiger charge is 2.24. The Morgan fingerprint density at radius 3 is 3.17 bits per heavy atom. The zero-order chi connectivity index (χ0) is 12.8. The van der Waals surface area contributed by atoms with E-state index in [4.69, 9.17) is 16.3 Å². The fourth-order valence-corrected chi connectivity index (χ4v) is 2.44. The van der Waals surface area contributed by atoms with Gasteiger partial charge >= 0.3 is 0 Å². The molecule has 2 rings (SSSR count). The van der Waals surface area contributed by atoms with E-state index < -0.39 is 0 Å². The highest BCUT2D eigenvalue weighted by molar-refractivity contribution is 6.30. The maximum Gasteiger partial charge on any atom is 0.128 e. The molecule has 1 atom stereocenters. The number of hydrogen-bond acceptors (Lipinski definition) is 4. The Morgan fingerprint density at radius 2 is 2.44 bits per heavy atom. The molecular formula is C13H20ClN3O.